The van der Waals surface area contributed by atoms with E-state index in [1.807, 2.05) is 39.8 Å². The number of ether oxygens (including phenoxy) is 1. The number of rotatable bonds is 8. The zero-order valence-electron chi connectivity index (χ0n) is 14.9. The molecule has 0 radical (unpaired) electrons. The van der Waals surface area contributed by atoms with Crippen molar-refractivity contribution in [2.45, 2.75) is 53.7 Å². The summed E-state index contributed by atoms with van der Waals surface area (Å²) in [7, 11) is 0. The van der Waals surface area contributed by atoms with Gasteiger partial charge < -0.3 is 15.4 Å². The van der Waals surface area contributed by atoms with Crippen molar-refractivity contribution in [2.24, 2.45) is 5.92 Å². The van der Waals surface area contributed by atoms with Gasteiger partial charge in [0, 0.05) is 12.1 Å². The Morgan fingerprint density at radius 1 is 1.17 bits per heavy atom. The Kier molecular flexibility index (Phi) is 7.42. The highest BCUT2D eigenvalue weighted by molar-refractivity contribution is 5.98. The van der Waals surface area contributed by atoms with Gasteiger partial charge in [0.15, 0.2) is 0 Å². The molecule has 1 atom stereocenters. The predicted octanol–water partition coefficient (Wildman–Crippen LogP) is 2.47. The Balaban J connectivity index is 2.75. The van der Waals surface area contributed by atoms with Crippen molar-refractivity contribution >= 4 is 24.0 Å². The molecule has 2 N–H and O–H groups in total. The lowest BCUT2D eigenvalue weighted by Crippen LogP contribution is -2.42. The highest BCUT2D eigenvalue weighted by atomic mass is 16.5. The molecular weight excluding hydrogens is 308 g/mol. The molecule has 0 heterocycles. The monoisotopic (exact) mass is 334 g/mol. The van der Waals surface area contributed by atoms with E-state index in [9.17, 15) is 14.4 Å². The fourth-order valence-corrected chi connectivity index (χ4v) is 2.43. The average molecular weight is 334 g/mol. The number of nitrogens with one attached hydrogen (secondary N) is 2. The fraction of sp³-hybridized carbons (Fsp3) is 0.500. The van der Waals surface area contributed by atoms with E-state index in [4.69, 9.17) is 4.74 Å². The van der Waals surface area contributed by atoms with E-state index in [1.54, 1.807) is 6.92 Å². The maximum absolute atomic E-state index is 12.3. The molecule has 1 aromatic rings. The van der Waals surface area contributed by atoms with Gasteiger partial charge in [0.1, 0.15) is 12.6 Å². The molecule has 6 nitrogen and oxygen atoms in total. The Morgan fingerprint density at radius 2 is 1.75 bits per heavy atom. The first-order chi connectivity index (χ1) is 11.2. The molecule has 6 heteroatoms. The molecule has 0 bridgehead atoms. The summed E-state index contributed by atoms with van der Waals surface area (Å²) in [6, 6.07) is 3.09. The van der Waals surface area contributed by atoms with Crippen LogP contribution in [0, 0.1) is 19.8 Å². The van der Waals surface area contributed by atoms with E-state index in [0.29, 0.717) is 18.6 Å². The van der Waals surface area contributed by atoms with Crippen LogP contribution in [-0.2, 0) is 25.7 Å². The summed E-state index contributed by atoms with van der Waals surface area (Å²) in [5.74, 6) is -0.163. The second-order valence-electron chi connectivity index (χ2n) is 6.39. The Hall–Kier alpha value is -2.37. The number of carbonyl (C=O) groups excluding carboxylic acids is 3. The van der Waals surface area contributed by atoms with Gasteiger partial charge in [-0.05, 0) is 43.4 Å². The maximum atomic E-state index is 12.3. The fourth-order valence-electron chi connectivity index (χ4n) is 2.43. The quantitative estimate of drug-likeness (QED) is 0.715. The van der Waals surface area contributed by atoms with Crippen LogP contribution in [0.5, 0.6) is 0 Å². The summed E-state index contributed by atoms with van der Waals surface area (Å²) < 4.78 is 4.75. The topological polar surface area (TPSA) is 84.5 Å². The van der Waals surface area contributed by atoms with E-state index in [1.165, 1.54) is 0 Å². The van der Waals surface area contributed by atoms with E-state index in [0.717, 1.165) is 16.7 Å². The van der Waals surface area contributed by atoms with Gasteiger partial charge in [-0.2, -0.15) is 0 Å². The highest BCUT2D eigenvalue weighted by Crippen LogP contribution is 2.23. The molecule has 24 heavy (non-hydrogen) atoms. The van der Waals surface area contributed by atoms with Crippen LogP contribution < -0.4 is 10.6 Å². The Labute approximate surface area is 143 Å². The third-order valence-corrected chi connectivity index (χ3v) is 3.52. The number of carbonyl (C=O) groups is 3. The second-order valence-corrected chi connectivity index (χ2v) is 6.39. The summed E-state index contributed by atoms with van der Waals surface area (Å²) in [4.78, 5) is 34.3. The number of hydrogen-bond acceptors (Lipinski definition) is 4. The van der Waals surface area contributed by atoms with Gasteiger partial charge in [0.2, 0.25) is 11.8 Å². The Bertz CT molecular complexity index is 588. The zero-order chi connectivity index (χ0) is 18.3. The Morgan fingerprint density at radius 3 is 2.25 bits per heavy atom. The van der Waals surface area contributed by atoms with E-state index in [-0.39, 0.29) is 24.3 Å². The lowest BCUT2D eigenvalue weighted by molar-refractivity contribution is -0.129. The number of amides is 2. The van der Waals surface area contributed by atoms with E-state index < -0.39 is 6.04 Å². The third-order valence-electron chi connectivity index (χ3n) is 3.52. The maximum Gasteiger partial charge on any atom is 0.293 e. The van der Waals surface area contributed by atoms with Crippen LogP contribution in [-0.4, -0.2) is 24.3 Å². The normalized spacial score (nSPS) is 11.8. The zero-order valence-corrected chi connectivity index (χ0v) is 14.9. The molecule has 1 unspecified atom stereocenters. The van der Waals surface area contributed by atoms with Gasteiger partial charge in [0.25, 0.3) is 6.47 Å². The lowest BCUT2D eigenvalue weighted by atomic mass is 10.0. The molecule has 1 aromatic carbocycles. The van der Waals surface area contributed by atoms with Gasteiger partial charge in [-0.15, -0.1) is 0 Å². The minimum Gasteiger partial charge on any atom is -0.463 e. The molecule has 0 aliphatic rings. The van der Waals surface area contributed by atoms with Gasteiger partial charge in [-0.1, -0.05) is 26.0 Å². The first-order valence-electron chi connectivity index (χ1n) is 8.00. The molecule has 0 saturated heterocycles. The SMILES string of the molecule is Cc1cc(COC=O)cc(C)c1NC(=O)C(C)NC(=O)CC(C)C. The summed E-state index contributed by atoms with van der Waals surface area (Å²) >= 11 is 0. The van der Waals surface area contributed by atoms with Gasteiger partial charge in [-0.3, -0.25) is 14.4 Å². The standard InChI is InChI=1S/C18H26N2O4/c1-11(2)6-16(22)19-14(5)18(23)20-17-12(3)7-15(8-13(17)4)9-24-10-21/h7-8,10-11,14H,6,9H2,1-5H3,(H,19,22)(H,20,23). The molecule has 2 amide bonds. The summed E-state index contributed by atoms with van der Waals surface area (Å²) in [5.41, 5.74) is 3.30. The van der Waals surface area contributed by atoms with Crippen LogP contribution in [0.1, 0.15) is 43.9 Å². The van der Waals surface area contributed by atoms with Gasteiger partial charge in [0.05, 0.1) is 0 Å². The molecule has 1 rings (SSSR count). The molecular formula is C18H26N2O4. The van der Waals surface area contributed by atoms with Crippen molar-refractivity contribution in [2.75, 3.05) is 5.32 Å². The largest absolute Gasteiger partial charge is 0.463 e. The molecule has 132 valence electrons. The van der Waals surface area contributed by atoms with Crippen molar-refractivity contribution in [3.05, 3.63) is 28.8 Å². The van der Waals surface area contributed by atoms with Crippen molar-refractivity contribution in [1.29, 1.82) is 0 Å². The van der Waals surface area contributed by atoms with Crippen molar-refractivity contribution < 1.29 is 19.1 Å². The van der Waals surface area contributed by atoms with Gasteiger partial charge in [-0.25, -0.2) is 0 Å². The summed E-state index contributed by atoms with van der Waals surface area (Å²) in [5, 5.41) is 5.56. The van der Waals surface area contributed by atoms with Crippen LogP contribution in [0.3, 0.4) is 0 Å². The van der Waals surface area contributed by atoms with E-state index in [2.05, 4.69) is 10.6 Å². The smallest absolute Gasteiger partial charge is 0.293 e. The van der Waals surface area contributed by atoms with Crippen molar-refractivity contribution in [1.82, 2.24) is 5.32 Å². The summed E-state index contributed by atoms with van der Waals surface area (Å²) in [6.07, 6.45) is 0.390. The highest BCUT2D eigenvalue weighted by Gasteiger charge is 2.18. The van der Waals surface area contributed by atoms with Crippen molar-refractivity contribution in [3.63, 3.8) is 0 Å². The van der Waals surface area contributed by atoms with Crippen LogP contribution in [0.2, 0.25) is 0 Å². The molecule has 0 aromatic heterocycles. The number of anilines is 1. The average Bonchev–Trinajstić information content (AvgIpc) is 2.47. The van der Waals surface area contributed by atoms with Crippen LogP contribution >= 0.6 is 0 Å². The summed E-state index contributed by atoms with van der Waals surface area (Å²) in [6.45, 7) is 9.90. The number of benzene rings is 1. The van der Waals surface area contributed by atoms with Crippen LogP contribution in [0.25, 0.3) is 0 Å². The lowest BCUT2D eigenvalue weighted by Gasteiger charge is -2.18. The first kappa shape index (κ1) is 19.7. The first-order valence-corrected chi connectivity index (χ1v) is 8.00. The number of hydrogen-bond donors (Lipinski definition) is 2. The molecule has 0 aliphatic heterocycles. The van der Waals surface area contributed by atoms with Crippen LogP contribution in [0.15, 0.2) is 12.1 Å². The molecule has 0 aliphatic carbocycles. The molecule has 0 fully saturated rings. The minimum absolute atomic E-state index is 0.137. The minimum atomic E-state index is -0.617. The molecule has 0 saturated carbocycles. The second kappa shape index (κ2) is 9.05. The van der Waals surface area contributed by atoms with Crippen LogP contribution in [0.4, 0.5) is 5.69 Å². The van der Waals surface area contributed by atoms with E-state index >= 15 is 0 Å². The van der Waals surface area contributed by atoms with Crippen molar-refractivity contribution in [3.8, 4) is 0 Å². The number of aryl methyl sites for hydroxylation is 2. The predicted molar refractivity (Wildman–Crippen MR) is 92.5 cm³/mol. The van der Waals surface area contributed by atoms with Gasteiger partial charge >= 0.3 is 0 Å². The third kappa shape index (κ3) is 6.02. The molecule has 0 spiro atoms.